The van der Waals surface area contributed by atoms with Gasteiger partial charge in [0.25, 0.3) is 0 Å². The van der Waals surface area contributed by atoms with Crippen LogP contribution in [0, 0.1) is 0 Å². The Hall–Kier alpha value is -4.30. The van der Waals surface area contributed by atoms with Crippen molar-refractivity contribution < 1.29 is 19.3 Å². The second-order valence-corrected chi connectivity index (χ2v) is 8.95. The van der Waals surface area contributed by atoms with E-state index in [-0.39, 0.29) is 11.8 Å². The highest BCUT2D eigenvalue weighted by Crippen LogP contribution is 2.42. The molecule has 1 aliphatic rings. The predicted octanol–water partition coefficient (Wildman–Crippen LogP) is 6.12. The summed E-state index contributed by atoms with van der Waals surface area (Å²) in [5.74, 6) is 1.72. The minimum atomic E-state index is -0.210. The van der Waals surface area contributed by atoms with E-state index < -0.39 is 0 Å². The van der Waals surface area contributed by atoms with E-state index in [1.165, 1.54) is 0 Å². The maximum absolute atomic E-state index is 10.9. The highest BCUT2D eigenvalue weighted by molar-refractivity contribution is 7.80. The van der Waals surface area contributed by atoms with Crippen LogP contribution >= 0.6 is 12.2 Å². The Morgan fingerprint density at radius 2 is 1.68 bits per heavy atom. The number of aromatic hydroxyl groups is 1. The average Bonchev–Trinajstić information content (AvgIpc) is 3.37. The molecule has 2 N–H and O–H groups in total. The summed E-state index contributed by atoms with van der Waals surface area (Å²) in [6.07, 6.45) is 0.504. The van der Waals surface area contributed by atoms with Crippen LogP contribution in [0.3, 0.4) is 0 Å². The van der Waals surface area contributed by atoms with Gasteiger partial charge < -0.3 is 24.6 Å². The van der Waals surface area contributed by atoms with Gasteiger partial charge in [-0.15, -0.1) is 0 Å². The topological polar surface area (TPSA) is 75.6 Å². The first-order chi connectivity index (χ1) is 18.0. The molecule has 0 saturated heterocycles. The zero-order chi connectivity index (χ0) is 25.9. The first-order valence-corrected chi connectivity index (χ1v) is 12.2. The summed E-state index contributed by atoms with van der Waals surface area (Å²) in [6.45, 7) is 0. The SMILES string of the molecule is COc1cccc(NC(=S)N2N=C(c3c(O)cc(OC)cc3OC)CC2c2cccc3ccccc23)c1. The Balaban J connectivity index is 1.59. The summed E-state index contributed by atoms with van der Waals surface area (Å²) in [7, 11) is 4.73. The molecule has 1 atom stereocenters. The van der Waals surface area contributed by atoms with E-state index in [2.05, 4.69) is 29.6 Å². The van der Waals surface area contributed by atoms with Crippen LogP contribution in [0.5, 0.6) is 23.0 Å². The number of fused-ring (bicyclic) bond motifs is 1. The number of benzene rings is 4. The fourth-order valence-electron chi connectivity index (χ4n) is 4.66. The van der Waals surface area contributed by atoms with Crippen molar-refractivity contribution in [2.75, 3.05) is 26.6 Å². The number of nitrogens with zero attached hydrogens (tertiary/aromatic N) is 2. The van der Waals surface area contributed by atoms with Gasteiger partial charge in [-0.25, -0.2) is 5.01 Å². The number of nitrogens with one attached hydrogen (secondary N) is 1. The number of hydrazone groups is 1. The monoisotopic (exact) mass is 513 g/mol. The molecule has 1 aliphatic heterocycles. The van der Waals surface area contributed by atoms with Crippen LogP contribution < -0.4 is 19.5 Å². The van der Waals surface area contributed by atoms with Gasteiger partial charge in [-0.1, -0.05) is 48.5 Å². The summed E-state index contributed by atoms with van der Waals surface area (Å²) in [5, 5.41) is 23.6. The fourth-order valence-corrected chi connectivity index (χ4v) is 4.94. The molecule has 0 saturated carbocycles. The summed E-state index contributed by atoms with van der Waals surface area (Å²) in [4.78, 5) is 0. The van der Waals surface area contributed by atoms with Gasteiger partial charge in [0.1, 0.15) is 23.0 Å². The van der Waals surface area contributed by atoms with Crippen LogP contribution in [0.2, 0.25) is 0 Å². The summed E-state index contributed by atoms with van der Waals surface area (Å²) < 4.78 is 16.3. The second-order valence-electron chi connectivity index (χ2n) is 8.57. The zero-order valence-corrected chi connectivity index (χ0v) is 21.6. The smallest absolute Gasteiger partial charge is 0.194 e. The third-order valence-corrected chi connectivity index (χ3v) is 6.71. The maximum atomic E-state index is 10.9. The van der Waals surface area contributed by atoms with Crippen LogP contribution in [0.1, 0.15) is 23.6 Å². The number of phenols is 1. The molecule has 0 aromatic heterocycles. The lowest BCUT2D eigenvalue weighted by atomic mass is 9.93. The molecule has 0 radical (unpaired) electrons. The van der Waals surface area contributed by atoms with Crippen LogP contribution in [0.25, 0.3) is 10.8 Å². The largest absolute Gasteiger partial charge is 0.507 e. The number of phenolic OH excluding ortho intramolecular Hbond substituents is 1. The van der Waals surface area contributed by atoms with Crippen molar-refractivity contribution >= 4 is 39.5 Å². The van der Waals surface area contributed by atoms with Crippen LogP contribution in [-0.2, 0) is 0 Å². The maximum Gasteiger partial charge on any atom is 0.194 e. The Bertz CT molecular complexity index is 1500. The lowest BCUT2D eigenvalue weighted by Crippen LogP contribution is -2.31. The van der Waals surface area contributed by atoms with Gasteiger partial charge in [-0.2, -0.15) is 5.10 Å². The van der Waals surface area contributed by atoms with Gasteiger partial charge in [-0.3, -0.25) is 0 Å². The van der Waals surface area contributed by atoms with Gasteiger partial charge in [0, 0.05) is 30.3 Å². The lowest BCUT2D eigenvalue weighted by Gasteiger charge is -2.26. The van der Waals surface area contributed by atoms with E-state index in [4.69, 9.17) is 31.5 Å². The number of anilines is 1. The fraction of sp³-hybridized carbons (Fsp3) is 0.172. The molecule has 0 spiro atoms. The summed E-state index contributed by atoms with van der Waals surface area (Å²) in [6, 6.07) is 25.1. The van der Waals surface area contributed by atoms with Crippen molar-refractivity contribution in [3.05, 3.63) is 90.0 Å². The normalized spacial score (nSPS) is 14.8. The summed E-state index contributed by atoms with van der Waals surface area (Å²) >= 11 is 5.86. The van der Waals surface area contributed by atoms with Crippen molar-refractivity contribution in [1.29, 1.82) is 0 Å². The molecular formula is C29H27N3O4S. The molecule has 0 fully saturated rings. The average molecular weight is 514 g/mol. The molecule has 188 valence electrons. The molecule has 4 aromatic rings. The molecule has 37 heavy (non-hydrogen) atoms. The minimum absolute atomic E-state index is 0.0279. The first-order valence-electron chi connectivity index (χ1n) is 11.8. The van der Waals surface area contributed by atoms with Gasteiger partial charge >= 0.3 is 0 Å². The van der Waals surface area contributed by atoms with Crippen molar-refractivity contribution in [2.45, 2.75) is 12.5 Å². The molecule has 0 bridgehead atoms. The van der Waals surface area contributed by atoms with E-state index in [1.807, 2.05) is 42.5 Å². The van der Waals surface area contributed by atoms with Crippen molar-refractivity contribution in [3.63, 3.8) is 0 Å². The van der Waals surface area contributed by atoms with Crippen LogP contribution in [0.4, 0.5) is 5.69 Å². The van der Waals surface area contributed by atoms with E-state index in [1.54, 1.807) is 38.5 Å². The number of hydrogen-bond donors (Lipinski definition) is 2. The molecule has 0 amide bonds. The van der Waals surface area contributed by atoms with Crippen molar-refractivity contribution in [3.8, 4) is 23.0 Å². The Kier molecular flexibility index (Phi) is 6.83. The van der Waals surface area contributed by atoms with E-state index in [9.17, 15) is 5.11 Å². The van der Waals surface area contributed by atoms with E-state index >= 15 is 0 Å². The Morgan fingerprint density at radius 3 is 2.46 bits per heavy atom. The molecule has 1 unspecified atom stereocenters. The molecule has 1 heterocycles. The Labute approximate surface area is 220 Å². The van der Waals surface area contributed by atoms with Gasteiger partial charge in [0.2, 0.25) is 0 Å². The molecule has 7 nitrogen and oxygen atoms in total. The van der Waals surface area contributed by atoms with E-state index in [0.717, 1.165) is 27.8 Å². The standard InChI is InChI=1S/C29H27N3O4S/c1-34-20-11-7-10-19(14-20)30-29(37)32-25(23-13-6-9-18-8-4-5-12-22(18)23)17-24(31-32)28-26(33)15-21(35-2)16-27(28)36-3/h4-16,25,33H,17H2,1-3H3,(H,30,37). The molecule has 0 aliphatic carbocycles. The number of rotatable bonds is 6. The van der Waals surface area contributed by atoms with Crippen molar-refractivity contribution in [1.82, 2.24) is 5.01 Å². The van der Waals surface area contributed by atoms with Crippen molar-refractivity contribution in [2.24, 2.45) is 5.10 Å². The quantitative estimate of drug-likeness (QED) is 0.301. The first kappa shape index (κ1) is 24.4. The van der Waals surface area contributed by atoms with Gasteiger partial charge in [0.05, 0.1) is 38.6 Å². The van der Waals surface area contributed by atoms with Gasteiger partial charge in [0.15, 0.2) is 5.11 Å². The third kappa shape index (κ3) is 4.75. The highest BCUT2D eigenvalue weighted by Gasteiger charge is 2.35. The number of hydrogen-bond acceptors (Lipinski definition) is 6. The number of methoxy groups -OCH3 is 3. The number of ether oxygens (including phenoxy) is 3. The summed E-state index contributed by atoms with van der Waals surface area (Å²) in [5.41, 5.74) is 3.04. The second kappa shape index (κ2) is 10.4. The zero-order valence-electron chi connectivity index (χ0n) is 20.8. The van der Waals surface area contributed by atoms with Crippen LogP contribution in [-0.4, -0.2) is 42.3 Å². The minimum Gasteiger partial charge on any atom is -0.507 e. The predicted molar refractivity (Wildman–Crippen MR) is 150 cm³/mol. The van der Waals surface area contributed by atoms with E-state index in [0.29, 0.717) is 34.3 Å². The third-order valence-electron chi connectivity index (χ3n) is 6.42. The molecular weight excluding hydrogens is 486 g/mol. The molecule has 5 rings (SSSR count). The Morgan fingerprint density at radius 1 is 0.919 bits per heavy atom. The highest BCUT2D eigenvalue weighted by atomic mass is 32.1. The van der Waals surface area contributed by atoms with Gasteiger partial charge in [-0.05, 0) is 40.7 Å². The van der Waals surface area contributed by atoms with Crippen LogP contribution in [0.15, 0.2) is 84.0 Å². The lowest BCUT2D eigenvalue weighted by molar-refractivity contribution is 0.377. The number of thiocarbonyl (C=S) groups is 1. The molecule has 4 aromatic carbocycles. The molecule has 8 heteroatoms.